The number of rotatable bonds is 0. The van der Waals surface area contributed by atoms with Crippen LogP contribution in [0.1, 0.15) is 5.56 Å². The molecule has 3 aromatic rings. The van der Waals surface area contributed by atoms with Gasteiger partial charge < -0.3 is 0 Å². The SMILES string of the molecule is c1ccc2c(c1)CCS2.c1ccc2scnc2c1. The van der Waals surface area contributed by atoms with Gasteiger partial charge in [0.1, 0.15) is 0 Å². The van der Waals surface area contributed by atoms with E-state index in [4.69, 9.17) is 0 Å². The van der Waals surface area contributed by atoms with Crippen LogP contribution in [0.5, 0.6) is 0 Å². The third-order valence-corrected chi connectivity index (χ3v) is 4.77. The largest absolute Gasteiger partial charge is 0.245 e. The van der Waals surface area contributed by atoms with Crippen LogP contribution in [0.15, 0.2) is 58.9 Å². The monoisotopic (exact) mass is 271 g/mol. The molecule has 0 fully saturated rings. The fourth-order valence-corrected chi connectivity index (χ4v) is 3.68. The van der Waals surface area contributed by atoms with Gasteiger partial charge in [0.2, 0.25) is 0 Å². The molecule has 3 heteroatoms. The maximum Gasteiger partial charge on any atom is 0.0812 e. The fourth-order valence-electron chi connectivity index (χ4n) is 1.93. The minimum Gasteiger partial charge on any atom is -0.245 e. The summed E-state index contributed by atoms with van der Waals surface area (Å²) in [7, 11) is 0. The maximum absolute atomic E-state index is 4.14. The van der Waals surface area contributed by atoms with E-state index in [9.17, 15) is 0 Å². The average Bonchev–Trinajstić information content (AvgIpc) is 3.08. The number of benzene rings is 2. The first-order chi connectivity index (χ1) is 8.93. The maximum atomic E-state index is 4.14. The Balaban J connectivity index is 0.000000111. The van der Waals surface area contributed by atoms with Gasteiger partial charge in [-0.15, -0.1) is 23.1 Å². The lowest BCUT2D eigenvalue weighted by atomic mass is 10.2. The summed E-state index contributed by atoms with van der Waals surface area (Å²) in [6, 6.07) is 16.8. The first kappa shape index (κ1) is 11.8. The Labute approximate surface area is 115 Å². The minimum atomic E-state index is 1.10. The molecule has 0 saturated heterocycles. The molecule has 0 unspecified atom stereocenters. The van der Waals surface area contributed by atoms with Crippen molar-refractivity contribution in [2.45, 2.75) is 11.3 Å². The number of hydrogen-bond donors (Lipinski definition) is 0. The molecular formula is C15H13NS2. The molecule has 0 bridgehead atoms. The number of hydrogen-bond acceptors (Lipinski definition) is 3. The van der Waals surface area contributed by atoms with Gasteiger partial charge in [-0.05, 0) is 30.2 Å². The van der Waals surface area contributed by atoms with Gasteiger partial charge in [-0.1, -0.05) is 30.3 Å². The van der Waals surface area contributed by atoms with Gasteiger partial charge in [0.05, 0.1) is 15.7 Å². The molecule has 4 rings (SSSR count). The Kier molecular flexibility index (Phi) is 3.62. The first-order valence-corrected chi connectivity index (χ1v) is 7.79. The van der Waals surface area contributed by atoms with Gasteiger partial charge in [-0.2, -0.15) is 0 Å². The molecule has 0 N–H and O–H groups in total. The van der Waals surface area contributed by atoms with Crippen LogP contribution in [0, 0.1) is 0 Å². The molecule has 0 spiro atoms. The molecule has 1 aromatic heterocycles. The zero-order valence-electron chi connectivity index (χ0n) is 9.87. The molecule has 0 radical (unpaired) electrons. The van der Waals surface area contributed by atoms with Crippen LogP contribution in [0.4, 0.5) is 0 Å². The summed E-state index contributed by atoms with van der Waals surface area (Å²) in [5.74, 6) is 1.28. The van der Waals surface area contributed by atoms with Crippen molar-refractivity contribution in [3.05, 3.63) is 59.6 Å². The third-order valence-electron chi connectivity index (χ3n) is 2.84. The van der Waals surface area contributed by atoms with Crippen LogP contribution in [-0.2, 0) is 6.42 Å². The van der Waals surface area contributed by atoms with Gasteiger partial charge in [0.25, 0.3) is 0 Å². The third kappa shape index (κ3) is 2.57. The average molecular weight is 271 g/mol. The van der Waals surface area contributed by atoms with Gasteiger partial charge >= 0.3 is 0 Å². The molecule has 18 heavy (non-hydrogen) atoms. The van der Waals surface area contributed by atoms with Crippen molar-refractivity contribution in [1.29, 1.82) is 0 Å². The molecule has 90 valence electrons. The second-order valence-electron chi connectivity index (χ2n) is 4.03. The zero-order valence-corrected chi connectivity index (χ0v) is 11.5. The van der Waals surface area contributed by atoms with E-state index in [2.05, 4.69) is 35.3 Å². The highest BCUT2D eigenvalue weighted by molar-refractivity contribution is 7.99. The molecule has 0 saturated carbocycles. The molecule has 1 nitrogen and oxygen atoms in total. The van der Waals surface area contributed by atoms with Crippen molar-refractivity contribution in [1.82, 2.24) is 4.98 Å². The molecule has 0 amide bonds. The number of aryl methyl sites for hydroxylation is 1. The molecule has 1 aliphatic heterocycles. The van der Waals surface area contributed by atoms with Crippen molar-refractivity contribution in [3.8, 4) is 0 Å². The summed E-state index contributed by atoms with van der Waals surface area (Å²) in [4.78, 5) is 5.62. The van der Waals surface area contributed by atoms with E-state index in [1.807, 2.05) is 35.5 Å². The van der Waals surface area contributed by atoms with Crippen LogP contribution in [-0.4, -0.2) is 10.7 Å². The Hall–Kier alpha value is -1.32. The molecule has 0 atom stereocenters. The number of thioether (sulfide) groups is 1. The van der Waals surface area contributed by atoms with Crippen LogP contribution >= 0.6 is 23.1 Å². The minimum absolute atomic E-state index is 1.10. The standard InChI is InChI=1S/C8H8S.C7H5NS/c1-2-4-8-7(3-1)5-6-9-8;1-2-4-7-6(3-1)8-5-9-7/h1-4H,5-6H2;1-5H. The van der Waals surface area contributed by atoms with Gasteiger partial charge in [-0.25, -0.2) is 4.98 Å². The van der Waals surface area contributed by atoms with Gasteiger partial charge in [0.15, 0.2) is 0 Å². The highest BCUT2D eigenvalue weighted by atomic mass is 32.2. The topological polar surface area (TPSA) is 12.9 Å². The van der Waals surface area contributed by atoms with Crippen LogP contribution in [0.3, 0.4) is 0 Å². The Morgan fingerprint density at radius 2 is 1.78 bits per heavy atom. The van der Waals surface area contributed by atoms with E-state index in [0.29, 0.717) is 0 Å². The number of para-hydroxylation sites is 1. The van der Waals surface area contributed by atoms with Crippen molar-refractivity contribution >= 4 is 33.3 Å². The summed E-state index contributed by atoms with van der Waals surface area (Å²) in [6.07, 6.45) is 1.26. The summed E-state index contributed by atoms with van der Waals surface area (Å²) < 4.78 is 1.26. The molecule has 2 aromatic carbocycles. The van der Waals surface area contributed by atoms with Crippen LogP contribution in [0.2, 0.25) is 0 Å². The highest BCUT2D eigenvalue weighted by Crippen LogP contribution is 2.30. The van der Waals surface area contributed by atoms with Crippen molar-refractivity contribution in [3.63, 3.8) is 0 Å². The molecule has 2 heterocycles. The van der Waals surface area contributed by atoms with E-state index in [1.165, 1.54) is 27.3 Å². The molecular weight excluding hydrogens is 258 g/mol. The van der Waals surface area contributed by atoms with Gasteiger partial charge in [0, 0.05) is 10.6 Å². The lowest BCUT2D eigenvalue weighted by Crippen LogP contribution is -1.76. The van der Waals surface area contributed by atoms with E-state index < -0.39 is 0 Å². The number of fused-ring (bicyclic) bond motifs is 2. The normalized spacial score (nSPS) is 12.9. The number of aromatic nitrogens is 1. The Morgan fingerprint density at radius 3 is 2.67 bits per heavy atom. The second-order valence-corrected chi connectivity index (χ2v) is 6.05. The second kappa shape index (κ2) is 5.55. The van der Waals surface area contributed by atoms with Gasteiger partial charge in [-0.3, -0.25) is 0 Å². The summed E-state index contributed by atoms with van der Waals surface area (Å²) >= 11 is 3.64. The smallest absolute Gasteiger partial charge is 0.0812 e. The summed E-state index contributed by atoms with van der Waals surface area (Å²) in [6.45, 7) is 0. The lowest BCUT2D eigenvalue weighted by molar-refractivity contribution is 1.15. The first-order valence-electron chi connectivity index (χ1n) is 5.92. The van der Waals surface area contributed by atoms with Crippen molar-refractivity contribution in [2.24, 2.45) is 0 Å². The van der Waals surface area contributed by atoms with E-state index in [1.54, 1.807) is 11.3 Å². The predicted octanol–water partition coefficient (Wildman–Crippen LogP) is 4.63. The fraction of sp³-hybridized carbons (Fsp3) is 0.133. The molecule has 0 aliphatic carbocycles. The predicted molar refractivity (Wildman–Crippen MR) is 80.5 cm³/mol. The molecule has 1 aliphatic rings. The van der Waals surface area contributed by atoms with Crippen LogP contribution in [0.25, 0.3) is 10.2 Å². The number of thiazole rings is 1. The zero-order chi connectivity index (χ0) is 12.2. The summed E-state index contributed by atoms with van der Waals surface area (Å²) in [5.41, 5.74) is 4.50. The van der Waals surface area contributed by atoms with Crippen LogP contribution < -0.4 is 0 Å². The Morgan fingerprint density at radius 1 is 0.944 bits per heavy atom. The quantitative estimate of drug-likeness (QED) is 0.591. The summed E-state index contributed by atoms with van der Waals surface area (Å²) in [5, 5.41) is 0. The van der Waals surface area contributed by atoms with E-state index in [0.717, 1.165) is 5.52 Å². The van der Waals surface area contributed by atoms with E-state index >= 15 is 0 Å². The highest BCUT2D eigenvalue weighted by Gasteiger charge is 2.07. The lowest BCUT2D eigenvalue weighted by Gasteiger charge is -1.92. The Bertz CT molecular complexity index is 592. The van der Waals surface area contributed by atoms with Crippen molar-refractivity contribution < 1.29 is 0 Å². The van der Waals surface area contributed by atoms with E-state index in [-0.39, 0.29) is 0 Å². The van der Waals surface area contributed by atoms with Crippen molar-refractivity contribution in [2.75, 3.05) is 5.75 Å². The number of nitrogens with zero attached hydrogens (tertiary/aromatic N) is 1.